The normalized spacial score (nSPS) is 11.7. The van der Waals surface area contributed by atoms with Crippen LogP contribution in [0.2, 0.25) is 0 Å². The number of imidazole rings is 1. The summed E-state index contributed by atoms with van der Waals surface area (Å²) in [6.07, 6.45) is 0.727. The minimum atomic E-state index is 0.727. The molecule has 0 amide bonds. The molecule has 128 valence electrons. The Bertz CT molecular complexity index is 947. The van der Waals surface area contributed by atoms with Gasteiger partial charge >= 0.3 is 0 Å². The summed E-state index contributed by atoms with van der Waals surface area (Å²) in [7, 11) is 0. The summed E-state index contributed by atoms with van der Waals surface area (Å²) in [6.45, 7) is 2.05. The molecule has 1 aromatic heterocycles. The molecule has 0 spiro atoms. The van der Waals surface area contributed by atoms with E-state index in [1.165, 1.54) is 0 Å². The highest BCUT2D eigenvalue weighted by Crippen LogP contribution is 2.25. The van der Waals surface area contributed by atoms with E-state index in [0.717, 1.165) is 40.4 Å². The number of H-pyrrole nitrogens is 2. The maximum absolute atomic E-state index is 4.89. The second-order valence-electron chi connectivity index (χ2n) is 6.27. The SMILES string of the molecule is CC(Cc1[nH]c2ccccc2[nH+]1)=NN(c1ccccc1)c1ccccc1. The van der Waals surface area contributed by atoms with Crippen molar-refractivity contribution in [2.24, 2.45) is 5.10 Å². The molecule has 0 aliphatic heterocycles. The Balaban J connectivity index is 1.65. The van der Waals surface area contributed by atoms with E-state index in [4.69, 9.17) is 5.10 Å². The van der Waals surface area contributed by atoms with Crippen LogP contribution in [-0.4, -0.2) is 10.7 Å². The lowest BCUT2D eigenvalue weighted by Gasteiger charge is -2.20. The van der Waals surface area contributed by atoms with Crippen LogP contribution in [0.3, 0.4) is 0 Å². The zero-order chi connectivity index (χ0) is 17.8. The van der Waals surface area contributed by atoms with Gasteiger partial charge in [0, 0.05) is 5.71 Å². The Labute approximate surface area is 152 Å². The lowest BCUT2D eigenvalue weighted by Crippen LogP contribution is -2.16. The number of hydrogen-bond donors (Lipinski definition) is 1. The van der Waals surface area contributed by atoms with Crippen molar-refractivity contribution in [3.63, 3.8) is 0 Å². The zero-order valence-corrected chi connectivity index (χ0v) is 14.7. The molecular weight excluding hydrogens is 320 g/mol. The number of nitrogens with one attached hydrogen (secondary N) is 2. The van der Waals surface area contributed by atoms with Crippen molar-refractivity contribution in [2.75, 3.05) is 5.01 Å². The molecular formula is C22H21N4+. The van der Waals surface area contributed by atoms with Gasteiger partial charge in [-0.25, -0.2) is 15.0 Å². The van der Waals surface area contributed by atoms with Crippen molar-refractivity contribution in [3.05, 3.63) is 90.8 Å². The van der Waals surface area contributed by atoms with Crippen LogP contribution >= 0.6 is 0 Å². The van der Waals surface area contributed by atoms with E-state index in [1.54, 1.807) is 0 Å². The summed E-state index contributed by atoms with van der Waals surface area (Å²) >= 11 is 0. The highest BCUT2D eigenvalue weighted by molar-refractivity contribution is 5.86. The van der Waals surface area contributed by atoms with Gasteiger partial charge in [-0.2, -0.15) is 5.10 Å². The van der Waals surface area contributed by atoms with E-state index in [-0.39, 0.29) is 0 Å². The molecule has 0 saturated heterocycles. The van der Waals surface area contributed by atoms with Crippen LogP contribution in [0, 0.1) is 0 Å². The predicted octanol–water partition coefficient (Wildman–Crippen LogP) is 4.74. The van der Waals surface area contributed by atoms with Crippen LogP contribution in [0.25, 0.3) is 11.0 Å². The smallest absolute Gasteiger partial charge is 0.241 e. The van der Waals surface area contributed by atoms with Crippen molar-refractivity contribution >= 4 is 28.1 Å². The Morgan fingerprint density at radius 3 is 2.04 bits per heavy atom. The summed E-state index contributed by atoms with van der Waals surface area (Å²) in [5.74, 6) is 1.05. The Kier molecular flexibility index (Phi) is 4.48. The van der Waals surface area contributed by atoms with Crippen molar-refractivity contribution in [3.8, 4) is 0 Å². The van der Waals surface area contributed by atoms with Crippen LogP contribution in [0.15, 0.2) is 90.0 Å². The molecule has 1 heterocycles. The average molecular weight is 341 g/mol. The third-order valence-corrected chi connectivity index (χ3v) is 4.20. The number of para-hydroxylation sites is 4. The van der Waals surface area contributed by atoms with Gasteiger partial charge in [0.05, 0.1) is 17.8 Å². The van der Waals surface area contributed by atoms with Gasteiger partial charge in [0.1, 0.15) is 0 Å². The van der Waals surface area contributed by atoms with Gasteiger partial charge < -0.3 is 0 Å². The highest BCUT2D eigenvalue weighted by Gasteiger charge is 2.13. The highest BCUT2D eigenvalue weighted by atomic mass is 15.5. The first kappa shape index (κ1) is 16.1. The number of hydrazone groups is 1. The largest absolute Gasteiger partial charge is 0.258 e. The number of hydrogen-bond acceptors (Lipinski definition) is 2. The van der Waals surface area contributed by atoms with Crippen LogP contribution in [0.5, 0.6) is 0 Å². The summed E-state index contributed by atoms with van der Waals surface area (Å²) < 4.78 is 0. The summed E-state index contributed by atoms with van der Waals surface area (Å²) in [4.78, 5) is 6.85. The van der Waals surface area contributed by atoms with Crippen molar-refractivity contribution < 1.29 is 4.98 Å². The zero-order valence-electron chi connectivity index (χ0n) is 14.7. The maximum atomic E-state index is 4.89. The van der Waals surface area contributed by atoms with Gasteiger partial charge in [0.25, 0.3) is 5.82 Å². The predicted molar refractivity (Wildman–Crippen MR) is 107 cm³/mol. The molecule has 2 N–H and O–H groups in total. The molecule has 4 nitrogen and oxygen atoms in total. The number of aromatic nitrogens is 2. The quantitative estimate of drug-likeness (QED) is 0.414. The molecule has 4 heteroatoms. The molecule has 0 aliphatic carbocycles. The fourth-order valence-corrected chi connectivity index (χ4v) is 3.01. The van der Waals surface area contributed by atoms with Gasteiger partial charge in [0.2, 0.25) is 0 Å². The van der Waals surface area contributed by atoms with Gasteiger partial charge in [-0.1, -0.05) is 48.5 Å². The van der Waals surface area contributed by atoms with Crippen molar-refractivity contribution in [1.82, 2.24) is 4.98 Å². The maximum Gasteiger partial charge on any atom is 0.258 e. The standard InChI is InChI=1S/C22H20N4/c1-17(16-22-23-20-14-8-9-15-21(20)24-22)25-26(18-10-4-2-5-11-18)19-12-6-3-7-13-19/h2-15H,16H2,1H3,(H,23,24)/p+1. The van der Waals surface area contributed by atoms with E-state index >= 15 is 0 Å². The molecule has 0 radical (unpaired) electrons. The molecule has 0 unspecified atom stereocenters. The van der Waals surface area contributed by atoms with E-state index in [2.05, 4.69) is 53.3 Å². The minimum Gasteiger partial charge on any atom is -0.241 e. The van der Waals surface area contributed by atoms with Crippen LogP contribution in [0.1, 0.15) is 12.7 Å². The lowest BCUT2D eigenvalue weighted by molar-refractivity contribution is -0.356. The second-order valence-corrected chi connectivity index (χ2v) is 6.27. The third-order valence-electron chi connectivity index (χ3n) is 4.20. The molecule has 4 rings (SSSR count). The number of aromatic amines is 2. The molecule has 3 aromatic carbocycles. The Hall–Kier alpha value is -3.40. The summed E-state index contributed by atoms with van der Waals surface area (Å²) in [5, 5.41) is 6.88. The average Bonchev–Trinajstić information content (AvgIpc) is 3.09. The lowest BCUT2D eigenvalue weighted by atomic mass is 10.2. The van der Waals surface area contributed by atoms with E-state index in [0.29, 0.717) is 0 Å². The summed E-state index contributed by atoms with van der Waals surface area (Å²) in [6, 6.07) is 28.6. The number of benzene rings is 3. The van der Waals surface area contributed by atoms with Crippen molar-refractivity contribution in [2.45, 2.75) is 13.3 Å². The monoisotopic (exact) mass is 341 g/mol. The first-order valence-corrected chi connectivity index (χ1v) is 8.73. The van der Waals surface area contributed by atoms with E-state index in [9.17, 15) is 0 Å². The number of anilines is 2. The molecule has 4 aromatic rings. The fourth-order valence-electron chi connectivity index (χ4n) is 3.01. The van der Waals surface area contributed by atoms with Crippen LogP contribution in [0.4, 0.5) is 11.4 Å². The van der Waals surface area contributed by atoms with Crippen LogP contribution < -0.4 is 9.99 Å². The minimum absolute atomic E-state index is 0.727. The number of rotatable bonds is 5. The molecule has 26 heavy (non-hydrogen) atoms. The first-order valence-electron chi connectivity index (χ1n) is 8.73. The Morgan fingerprint density at radius 2 is 1.42 bits per heavy atom. The first-order chi connectivity index (χ1) is 12.8. The van der Waals surface area contributed by atoms with Gasteiger partial charge in [0.15, 0.2) is 11.0 Å². The second kappa shape index (κ2) is 7.23. The molecule has 0 saturated carbocycles. The number of nitrogens with zero attached hydrogens (tertiary/aromatic N) is 2. The third kappa shape index (κ3) is 3.49. The molecule has 0 atom stereocenters. The van der Waals surface area contributed by atoms with Gasteiger partial charge in [-0.15, -0.1) is 0 Å². The van der Waals surface area contributed by atoms with Gasteiger partial charge in [-0.3, -0.25) is 0 Å². The van der Waals surface area contributed by atoms with Crippen molar-refractivity contribution in [1.29, 1.82) is 0 Å². The number of fused-ring (bicyclic) bond motifs is 1. The molecule has 0 fully saturated rings. The molecule has 0 bridgehead atoms. The topological polar surface area (TPSA) is 45.5 Å². The molecule has 0 aliphatic rings. The van der Waals surface area contributed by atoms with Crippen LogP contribution in [-0.2, 0) is 6.42 Å². The Morgan fingerprint density at radius 1 is 0.846 bits per heavy atom. The van der Waals surface area contributed by atoms with E-state index < -0.39 is 0 Å². The van der Waals surface area contributed by atoms with E-state index in [1.807, 2.05) is 53.5 Å². The summed E-state index contributed by atoms with van der Waals surface area (Å²) in [5.41, 5.74) is 5.31. The fraction of sp³-hybridized carbons (Fsp3) is 0.0909. The van der Waals surface area contributed by atoms with Gasteiger partial charge in [-0.05, 0) is 43.3 Å².